The number of hydrogen-bond donors (Lipinski definition) is 1. The van der Waals surface area contributed by atoms with E-state index in [1.807, 2.05) is 0 Å². The van der Waals surface area contributed by atoms with E-state index < -0.39 is 11.0 Å². The maximum Gasteiger partial charge on any atom is 0.306 e. The van der Waals surface area contributed by atoms with Crippen molar-refractivity contribution in [2.24, 2.45) is 0 Å². The van der Waals surface area contributed by atoms with Crippen LogP contribution < -0.4 is 0 Å². The number of ether oxygens (including phenoxy) is 1. The average Bonchev–Trinajstić information content (AvgIpc) is 2.53. The van der Waals surface area contributed by atoms with Gasteiger partial charge in [-0.2, -0.15) is 5.10 Å². The maximum atomic E-state index is 10.3. The molecule has 1 heterocycles. The molecule has 1 N–H and O–H groups in total. The quantitative estimate of drug-likeness (QED) is 0.526. The normalized spacial score (nSPS) is 12.7. The van der Waals surface area contributed by atoms with Crippen LogP contribution in [0, 0.1) is 10.1 Å². The van der Waals surface area contributed by atoms with Crippen molar-refractivity contribution in [1.82, 2.24) is 9.78 Å². The third-order valence-corrected chi connectivity index (χ3v) is 1.59. The molecule has 0 aliphatic heterocycles. The summed E-state index contributed by atoms with van der Waals surface area (Å²) in [7, 11) is 1.47. The zero-order chi connectivity index (χ0) is 10.6. The van der Waals surface area contributed by atoms with E-state index in [-0.39, 0.29) is 18.8 Å². The van der Waals surface area contributed by atoms with Gasteiger partial charge in [-0.3, -0.25) is 14.8 Å². The lowest BCUT2D eigenvalue weighted by molar-refractivity contribution is -0.385. The van der Waals surface area contributed by atoms with E-state index in [1.54, 1.807) is 0 Å². The summed E-state index contributed by atoms with van der Waals surface area (Å²) in [5, 5.41) is 23.3. The third kappa shape index (κ3) is 2.79. The summed E-state index contributed by atoms with van der Waals surface area (Å²) in [6.45, 7) is 0.356. The van der Waals surface area contributed by atoms with Crippen LogP contribution in [0.3, 0.4) is 0 Å². The smallest absolute Gasteiger partial charge is 0.306 e. The summed E-state index contributed by atoms with van der Waals surface area (Å²) in [5.74, 6) is 0. The number of aromatic nitrogens is 2. The molecule has 0 aromatic carbocycles. The van der Waals surface area contributed by atoms with Crippen LogP contribution in [0.1, 0.15) is 0 Å². The van der Waals surface area contributed by atoms with Crippen molar-refractivity contribution in [2.45, 2.75) is 12.6 Å². The molecule has 0 aliphatic rings. The van der Waals surface area contributed by atoms with Crippen LogP contribution in [0.4, 0.5) is 5.69 Å². The van der Waals surface area contributed by atoms with Gasteiger partial charge in [0.05, 0.1) is 24.2 Å². The molecule has 14 heavy (non-hydrogen) atoms. The van der Waals surface area contributed by atoms with Gasteiger partial charge < -0.3 is 9.84 Å². The van der Waals surface area contributed by atoms with Crippen molar-refractivity contribution >= 4 is 5.69 Å². The molecule has 7 heteroatoms. The van der Waals surface area contributed by atoms with Crippen molar-refractivity contribution in [3.63, 3.8) is 0 Å². The Bertz CT molecular complexity index is 312. The highest BCUT2D eigenvalue weighted by Crippen LogP contribution is 2.07. The molecule has 78 valence electrons. The Morgan fingerprint density at radius 1 is 1.86 bits per heavy atom. The van der Waals surface area contributed by atoms with Gasteiger partial charge in [0.1, 0.15) is 12.4 Å². The Morgan fingerprint density at radius 3 is 3.07 bits per heavy atom. The topological polar surface area (TPSA) is 90.4 Å². The van der Waals surface area contributed by atoms with Crippen LogP contribution in [0.2, 0.25) is 0 Å². The van der Waals surface area contributed by atoms with Gasteiger partial charge in [0, 0.05) is 7.11 Å². The first-order valence-corrected chi connectivity index (χ1v) is 3.97. The number of aliphatic hydroxyl groups is 1. The summed E-state index contributed by atoms with van der Waals surface area (Å²) in [4.78, 5) is 9.76. The van der Waals surface area contributed by atoms with Gasteiger partial charge in [-0.15, -0.1) is 0 Å². The van der Waals surface area contributed by atoms with Gasteiger partial charge in [0.15, 0.2) is 0 Å². The Kier molecular flexibility index (Phi) is 3.55. The van der Waals surface area contributed by atoms with E-state index in [1.165, 1.54) is 18.0 Å². The second kappa shape index (κ2) is 4.68. The molecule has 0 saturated carbocycles. The van der Waals surface area contributed by atoms with Gasteiger partial charge in [-0.1, -0.05) is 0 Å². The molecule has 0 aliphatic carbocycles. The molecule has 0 spiro atoms. The van der Waals surface area contributed by atoms with Crippen LogP contribution in [0.5, 0.6) is 0 Å². The van der Waals surface area contributed by atoms with Gasteiger partial charge in [-0.25, -0.2) is 0 Å². The Labute approximate surface area is 80.1 Å². The summed E-state index contributed by atoms with van der Waals surface area (Å²) in [6, 6.07) is 0. The monoisotopic (exact) mass is 201 g/mol. The number of hydrogen-bond acceptors (Lipinski definition) is 5. The Morgan fingerprint density at radius 2 is 2.57 bits per heavy atom. The number of nitro groups is 1. The van der Waals surface area contributed by atoms with Crippen molar-refractivity contribution < 1.29 is 14.8 Å². The van der Waals surface area contributed by atoms with E-state index in [4.69, 9.17) is 4.74 Å². The Hall–Kier alpha value is -1.47. The first-order chi connectivity index (χ1) is 6.63. The lowest BCUT2D eigenvalue weighted by atomic mass is 10.4. The minimum Gasteiger partial charge on any atom is -0.389 e. The largest absolute Gasteiger partial charge is 0.389 e. The summed E-state index contributed by atoms with van der Waals surface area (Å²) in [5.41, 5.74) is -0.0883. The average molecular weight is 201 g/mol. The molecule has 1 atom stereocenters. The zero-order valence-corrected chi connectivity index (χ0v) is 7.66. The van der Waals surface area contributed by atoms with Gasteiger partial charge in [-0.05, 0) is 0 Å². The highest BCUT2D eigenvalue weighted by atomic mass is 16.6. The second-order valence-electron chi connectivity index (χ2n) is 2.79. The molecule has 0 radical (unpaired) electrons. The third-order valence-electron chi connectivity index (χ3n) is 1.59. The minimum atomic E-state index is -0.709. The fourth-order valence-electron chi connectivity index (χ4n) is 1.01. The van der Waals surface area contributed by atoms with E-state index >= 15 is 0 Å². The summed E-state index contributed by atoms with van der Waals surface area (Å²) in [6.07, 6.45) is 1.69. The van der Waals surface area contributed by atoms with E-state index in [2.05, 4.69) is 5.10 Å². The lowest BCUT2D eigenvalue weighted by Crippen LogP contribution is -2.21. The molecule has 0 amide bonds. The fraction of sp³-hybridized carbons (Fsp3) is 0.571. The van der Waals surface area contributed by atoms with Gasteiger partial charge >= 0.3 is 5.69 Å². The molecule has 0 fully saturated rings. The van der Waals surface area contributed by atoms with Crippen molar-refractivity contribution in [3.05, 3.63) is 22.5 Å². The highest BCUT2D eigenvalue weighted by Gasteiger charge is 2.11. The summed E-state index contributed by atoms with van der Waals surface area (Å²) < 4.78 is 6.01. The predicted octanol–water partition coefficient (Wildman–Crippen LogP) is -0.201. The predicted molar refractivity (Wildman–Crippen MR) is 46.8 cm³/mol. The van der Waals surface area contributed by atoms with Crippen molar-refractivity contribution in [1.29, 1.82) is 0 Å². The Balaban J connectivity index is 2.55. The number of aliphatic hydroxyl groups excluding tert-OH is 1. The molecule has 1 aromatic heterocycles. The minimum absolute atomic E-state index is 0.0883. The second-order valence-corrected chi connectivity index (χ2v) is 2.79. The number of nitrogens with zero attached hydrogens (tertiary/aromatic N) is 3. The molecular weight excluding hydrogens is 190 g/mol. The van der Waals surface area contributed by atoms with Crippen LogP contribution >= 0.6 is 0 Å². The molecule has 0 bridgehead atoms. The highest BCUT2D eigenvalue weighted by molar-refractivity contribution is 5.20. The van der Waals surface area contributed by atoms with Crippen molar-refractivity contribution in [3.8, 4) is 0 Å². The number of rotatable bonds is 5. The van der Waals surface area contributed by atoms with E-state index in [0.29, 0.717) is 0 Å². The van der Waals surface area contributed by atoms with Crippen LogP contribution in [-0.4, -0.2) is 39.6 Å². The molecule has 1 rings (SSSR count). The molecule has 1 unspecified atom stereocenters. The SMILES string of the molecule is COCC(O)Cn1cc([N+](=O)[O-])cn1. The molecular formula is C7H11N3O4. The maximum absolute atomic E-state index is 10.3. The van der Waals surface area contributed by atoms with Gasteiger partial charge in [0.25, 0.3) is 0 Å². The lowest BCUT2D eigenvalue weighted by Gasteiger charge is -2.07. The summed E-state index contributed by atoms with van der Waals surface area (Å²) >= 11 is 0. The molecule has 0 saturated heterocycles. The standard InChI is InChI=1S/C7H11N3O4/c1-14-5-7(11)4-9-3-6(2-8-9)10(12)13/h2-3,7,11H,4-5H2,1H3. The zero-order valence-electron chi connectivity index (χ0n) is 7.66. The first-order valence-electron chi connectivity index (χ1n) is 3.97. The van der Waals surface area contributed by atoms with Crippen LogP contribution in [0.25, 0.3) is 0 Å². The number of methoxy groups -OCH3 is 1. The molecule has 1 aromatic rings. The van der Waals surface area contributed by atoms with E-state index in [9.17, 15) is 15.2 Å². The van der Waals surface area contributed by atoms with Crippen molar-refractivity contribution in [2.75, 3.05) is 13.7 Å². The van der Waals surface area contributed by atoms with E-state index in [0.717, 1.165) is 6.20 Å². The molecule has 7 nitrogen and oxygen atoms in total. The van der Waals surface area contributed by atoms with Crippen LogP contribution in [0.15, 0.2) is 12.4 Å². The fourth-order valence-corrected chi connectivity index (χ4v) is 1.01. The first kappa shape index (κ1) is 10.6. The van der Waals surface area contributed by atoms with Gasteiger partial charge in [0.2, 0.25) is 0 Å². The van der Waals surface area contributed by atoms with Crippen LogP contribution in [-0.2, 0) is 11.3 Å².